The molecule has 2 N–H and O–H groups in total. The molecule has 0 saturated heterocycles. The second kappa shape index (κ2) is 8.86. The Morgan fingerprint density at radius 2 is 1.97 bits per heavy atom. The van der Waals surface area contributed by atoms with Crippen molar-refractivity contribution in [2.75, 3.05) is 6.61 Å². The van der Waals surface area contributed by atoms with Crippen molar-refractivity contribution >= 4 is 16.9 Å². The summed E-state index contributed by atoms with van der Waals surface area (Å²) in [6, 6.07) is 15.7. The third kappa shape index (κ3) is 4.38. The summed E-state index contributed by atoms with van der Waals surface area (Å²) in [5.41, 5.74) is 3.90. The van der Waals surface area contributed by atoms with Gasteiger partial charge < -0.3 is 19.2 Å². The Morgan fingerprint density at radius 1 is 1.13 bits per heavy atom. The second-order valence-corrected chi connectivity index (χ2v) is 7.23. The first-order valence-corrected chi connectivity index (χ1v) is 10.1. The molecule has 0 aliphatic carbocycles. The minimum Gasteiger partial charge on any atom is -0.492 e. The molecule has 4 aromatic rings. The SMILES string of the molecule is Cc1oc(-c2ccccc2)nc1CCOc1cccc2[nH]cc(CCCC(=O)O)c12. The van der Waals surface area contributed by atoms with Crippen molar-refractivity contribution < 1.29 is 19.1 Å². The third-order valence-electron chi connectivity index (χ3n) is 5.10. The van der Waals surface area contributed by atoms with E-state index in [-0.39, 0.29) is 6.42 Å². The van der Waals surface area contributed by atoms with Crippen molar-refractivity contribution in [2.24, 2.45) is 0 Å². The summed E-state index contributed by atoms with van der Waals surface area (Å²) in [6.45, 7) is 2.39. The van der Waals surface area contributed by atoms with Crippen LogP contribution in [-0.2, 0) is 17.6 Å². The van der Waals surface area contributed by atoms with Gasteiger partial charge >= 0.3 is 5.97 Å². The Kier molecular flexibility index (Phi) is 5.84. The molecule has 0 aliphatic rings. The summed E-state index contributed by atoms with van der Waals surface area (Å²) < 4.78 is 11.9. The number of carbonyl (C=O) groups is 1. The van der Waals surface area contributed by atoms with E-state index in [1.54, 1.807) is 0 Å². The predicted molar refractivity (Wildman–Crippen MR) is 115 cm³/mol. The van der Waals surface area contributed by atoms with Crippen molar-refractivity contribution in [3.63, 3.8) is 0 Å². The molecule has 0 unspecified atom stereocenters. The standard InChI is InChI=1S/C24H24N2O4/c1-16-19(26-24(30-16)17-7-3-2-4-8-17)13-14-29-21-11-6-10-20-23(21)18(15-25-20)9-5-12-22(27)28/h2-4,6-8,10-11,15,25H,5,9,12-14H2,1H3,(H,27,28). The van der Waals surface area contributed by atoms with Crippen LogP contribution in [0, 0.1) is 6.92 Å². The van der Waals surface area contributed by atoms with Gasteiger partial charge in [-0.1, -0.05) is 24.3 Å². The van der Waals surface area contributed by atoms with Gasteiger partial charge in [0.1, 0.15) is 11.5 Å². The lowest BCUT2D eigenvalue weighted by Crippen LogP contribution is -2.03. The average Bonchev–Trinajstić information content (AvgIpc) is 3.33. The summed E-state index contributed by atoms with van der Waals surface area (Å²) in [6.07, 6.45) is 4.02. The van der Waals surface area contributed by atoms with Crippen LogP contribution in [0.25, 0.3) is 22.4 Å². The number of nitrogens with one attached hydrogen (secondary N) is 1. The fourth-order valence-electron chi connectivity index (χ4n) is 3.59. The van der Waals surface area contributed by atoms with Gasteiger partial charge in [-0.2, -0.15) is 0 Å². The molecular formula is C24H24N2O4. The smallest absolute Gasteiger partial charge is 0.303 e. The van der Waals surface area contributed by atoms with Crippen LogP contribution in [0.15, 0.2) is 59.1 Å². The van der Waals surface area contributed by atoms with E-state index >= 15 is 0 Å². The Morgan fingerprint density at radius 3 is 2.77 bits per heavy atom. The monoisotopic (exact) mass is 404 g/mol. The highest BCUT2D eigenvalue weighted by Gasteiger charge is 2.13. The van der Waals surface area contributed by atoms with Crippen molar-refractivity contribution in [2.45, 2.75) is 32.6 Å². The maximum Gasteiger partial charge on any atom is 0.303 e. The van der Waals surface area contributed by atoms with Gasteiger partial charge in [0.2, 0.25) is 5.89 Å². The number of carboxylic acid groups (broad SMARTS) is 1. The summed E-state index contributed by atoms with van der Waals surface area (Å²) in [5, 5.41) is 9.90. The molecule has 0 atom stereocenters. The highest BCUT2D eigenvalue weighted by atomic mass is 16.5. The van der Waals surface area contributed by atoms with Crippen LogP contribution in [0.3, 0.4) is 0 Å². The molecule has 30 heavy (non-hydrogen) atoms. The zero-order valence-corrected chi connectivity index (χ0v) is 16.9. The number of ether oxygens (including phenoxy) is 1. The summed E-state index contributed by atoms with van der Waals surface area (Å²) in [5.74, 6) is 1.44. The maximum atomic E-state index is 10.8. The molecule has 2 heterocycles. The van der Waals surface area contributed by atoms with Crippen LogP contribution in [0.4, 0.5) is 0 Å². The predicted octanol–water partition coefficient (Wildman–Crippen LogP) is 5.16. The molecule has 0 saturated carbocycles. The average molecular weight is 404 g/mol. The maximum absolute atomic E-state index is 10.8. The number of benzene rings is 2. The molecule has 0 bridgehead atoms. The van der Waals surface area contributed by atoms with Crippen LogP contribution >= 0.6 is 0 Å². The van der Waals surface area contributed by atoms with Gasteiger partial charge in [0, 0.05) is 35.5 Å². The van der Waals surface area contributed by atoms with Gasteiger partial charge in [-0.15, -0.1) is 0 Å². The summed E-state index contributed by atoms with van der Waals surface area (Å²) >= 11 is 0. The molecule has 6 nitrogen and oxygen atoms in total. The fraction of sp³-hybridized carbons (Fsp3) is 0.250. The first kappa shape index (κ1) is 19.8. The Labute approximate surface area is 174 Å². The number of aromatic amines is 1. The number of H-pyrrole nitrogens is 1. The Hall–Kier alpha value is -3.54. The number of aromatic nitrogens is 2. The van der Waals surface area contributed by atoms with E-state index in [0.717, 1.165) is 39.2 Å². The number of hydrogen-bond donors (Lipinski definition) is 2. The van der Waals surface area contributed by atoms with Gasteiger partial charge in [-0.25, -0.2) is 4.98 Å². The minimum atomic E-state index is -0.774. The van der Waals surface area contributed by atoms with E-state index < -0.39 is 5.97 Å². The normalized spacial score (nSPS) is 11.1. The first-order chi connectivity index (χ1) is 14.6. The van der Waals surface area contributed by atoms with E-state index in [1.165, 1.54) is 0 Å². The summed E-state index contributed by atoms with van der Waals surface area (Å²) in [4.78, 5) is 18.7. The number of fused-ring (bicyclic) bond motifs is 1. The van der Waals surface area contributed by atoms with Gasteiger partial charge in [-0.05, 0) is 49.6 Å². The van der Waals surface area contributed by atoms with Crippen LogP contribution in [0.1, 0.15) is 29.9 Å². The number of aliphatic carboxylic acids is 1. The molecule has 6 heteroatoms. The molecule has 0 radical (unpaired) electrons. The Balaban J connectivity index is 1.45. The largest absolute Gasteiger partial charge is 0.492 e. The van der Waals surface area contributed by atoms with E-state index in [1.807, 2.05) is 61.7 Å². The molecule has 2 aromatic carbocycles. The van der Waals surface area contributed by atoms with Crippen molar-refractivity contribution in [3.8, 4) is 17.2 Å². The lowest BCUT2D eigenvalue weighted by Gasteiger charge is -2.08. The van der Waals surface area contributed by atoms with Crippen LogP contribution < -0.4 is 4.74 Å². The highest BCUT2D eigenvalue weighted by Crippen LogP contribution is 2.30. The fourth-order valence-corrected chi connectivity index (χ4v) is 3.59. The molecule has 0 fully saturated rings. The van der Waals surface area contributed by atoms with Gasteiger partial charge in [0.15, 0.2) is 0 Å². The van der Waals surface area contributed by atoms with Gasteiger partial charge in [-0.3, -0.25) is 4.79 Å². The molecule has 4 rings (SSSR count). The minimum absolute atomic E-state index is 0.158. The molecule has 154 valence electrons. The van der Waals surface area contributed by atoms with Crippen molar-refractivity contribution in [3.05, 3.63) is 71.7 Å². The number of carboxylic acids is 1. The molecule has 2 aromatic heterocycles. The quantitative estimate of drug-likeness (QED) is 0.402. The number of aryl methyl sites for hydroxylation is 2. The second-order valence-electron chi connectivity index (χ2n) is 7.23. The van der Waals surface area contributed by atoms with Gasteiger partial charge in [0.25, 0.3) is 0 Å². The zero-order chi connectivity index (χ0) is 20.9. The Bertz CT molecular complexity index is 1140. The van der Waals surface area contributed by atoms with E-state index in [2.05, 4.69) is 9.97 Å². The van der Waals surface area contributed by atoms with Crippen LogP contribution in [0.2, 0.25) is 0 Å². The van der Waals surface area contributed by atoms with E-state index in [9.17, 15) is 4.79 Å². The summed E-state index contributed by atoms with van der Waals surface area (Å²) in [7, 11) is 0. The zero-order valence-electron chi connectivity index (χ0n) is 16.9. The number of rotatable bonds is 9. The number of oxazole rings is 1. The lowest BCUT2D eigenvalue weighted by atomic mass is 10.1. The molecule has 0 spiro atoms. The van der Waals surface area contributed by atoms with Gasteiger partial charge in [0.05, 0.1) is 12.3 Å². The van der Waals surface area contributed by atoms with Crippen molar-refractivity contribution in [1.29, 1.82) is 0 Å². The van der Waals surface area contributed by atoms with E-state index in [0.29, 0.717) is 31.8 Å². The highest BCUT2D eigenvalue weighted by molar-refractivity contribution is 5.89. The lowest BCUT2D eigenvalue weighted by molar-refractivity contribution is -0.137. The number of nitrogens with zero attached hydrogens (tertiary/aromatic N) is 1. The van der Waals surface area contributed by atoms with Crippen LogP contribution in [-0.4, -0.2) is 27.7 Å². The van der Waals surface area contributed by atoms with Crippen LogP contribution in [0.5, 0.6) is 5.75 Å². The third-order valence-corrected chi connectivity index (χ3v) is 5.10. The first-order valence-electron chi connectivity index (χ1n) is 10.1. The number of hydrogen-bond acceptors (Lipinski definition) is 4. The topological polar surface area (TPSA) is 88.4 Å². The molecular weight excluding hydrogens is 380 g/mol. The van der Waals surface area contributed by atoms with Crippen molar-refractivity contribution in [1.82, 2.24) is 9.97 Å². The van der Waals surface area contributed by atoms with E-state index in [4.69, 9.17) is 14.3 Å². The molecule has 0 amide bonds. The molecule has 0 aliphatic heterocycles.